The number of nitrogens with zero attached hydrogens (tertiary/aromatic N) is 5. The number of rotatable bonds is 5. The van der Waals surface area contributed by atoms with Gasteiger partial charge in [-0.15, -0.1) is 11.3 Å². The third-order valence-electron chi connectivity index (χ3n) is 6.49. The molecular formula is C24H23BrF3N5O2S. The minimum Gasteiger partial charge on any atom is -0.387 e. The number of piperidine rings is 1. The summed E-state index contributed by atoms with van der Waals surface area (Å²) in [6, 6.07) is 8.87. The number of amides is 1. The second-order valence-corrected chi connectivity index (χ2v) is 10.7. The number of halogens is 4. The molecule has 12 heteroatoms. The van der Waals surface area contributed by atoms with E-state index in [9.17, 15) is 18.0 Å². The van der Waals surface area contributed by atoms with E-state index in [0.717, 1.165) is 50.0 Å². The summed E-state index contributed by atoms with van der Waals surface area (Å²) in [5, 5.41) is 10.8. The van der Waals surface area contributed by atoms with Crippen molar-refractivity contribution in [2.75, 3.05) is 13.1 Å². The van der Waals surface area contributed by atoms with Crippen molar-refractivity contribution in [3.63, 3.8) is 0 Å². The van der Waals surface area contributed by atoms with Crippen molar-refractivity contribution in [2.45, 2.75) is 50.9 Å². The maximum Gasteiger partial charge on any atom is 0.435 e. The molecule has 2 aromatic heterocycles. The van der Waals surface area contributed by atoms with Crippen LogP contribution in [0.5, 0.6) is 0 Å². The number of benzene rings is 1. The minimum atomic E-state index is -4.53. The number of hydrogen-bond acceptors (Lipinski definition) is 6. The Bertz CT molecular complexity index is 1300. The van der Waals surface area contributed by atoms with Gasteiger partial charge in [0.25, 0.3) is 0 Å². The molecule has 0 unspecified atom stereocenters. The highest BCUT2D eigenvalue weighted by Gasteiger charge is 2.35. The van der Waals surface area contributed by atoms with Gasteiger partial charge in [0.2, 0.25) is 5.91 Å². The number of carbonyl (C=O) groups excluding carboxylic acids is 1. The molecule has 1 amide bonds. The Morgan fingerprint density at radius 1 is 1.25 bits per heavy atom. The number of likely N-dealkylation sites (tertiary alicyclic amines) is 1. The summed E-state index contributed by atoms with van der Waals surface area (Å²) < 4.78 is 40.8. The molecule has 0 N–H and O–H groups in total. The second-order valence-electron chi connectivity index (χ2n) is 8.91. The minimum absolute atomic E-state index is 0.152. The van der Waals surface area contributed by atoms with Crippen molar-refractivity contribution in [1.29, 1.82) is 0 Å². The first kappa shape index (κ1) is 24.9. The fraction of sp³-hybridized carbons (Fsp3) is 0.417. The van der Waals surface area contributed by atoms with E-state index in [1.807, 2.05) is 29.6 Å². The number of alkyl halides is 3. The van der Waals surface area contributed by atoms with Crippen LogP contribution in [-0.2, 0) is 22.4 Å². The molecule has 0 aliphatic carbocycles. The Balaban J connectivity index is 1.16. The Hall–Kier alpha value is -2.73. The molecule has 2 aliphatic rings. The Labute approximate surface area is 218 Å². The lowest BCUT2D eigenvalue weighted by atomic mass is 9.97. The van der Waals surface area contributed by atoms with Crippen LogP contribution in [0.25, 0.3) is 0 Å². The highest BCUT2D eigenvalue weighted by molar-refractivity contribution is 9.10. The van der Waals surface area contributed by atoms with Gasteiger partial charge in [-0.25, -0.2) is 4.98 Å². The molecule has 1 atom stereocenters. The first-order chi connectivity index (χ1) is 17.2. The number of hydrogen-bond donors (Lipinski definition) is 0. The maximum atomic E-state index is 12.9. The first-order valence-electron chi connectivity index (χ1n) is 11.5. The van der Waals surface area contributed by atoms with Gasteiger partial charge in [-0.1, -0.05) is 39.3 Å². The summed E-state index contributed by atoms with van der Waals surface area (Å²) in [6.07, 6.45) is -2.55. The smallest absolute Gasteiger partial charge is 0.387 e. The Kier molecular flexibility index (Phi) is 6.90. The molecule has 2 aliphatic heterocycles. The highest BCUT2D eigenvalue weighted by atomic mass is 79.9. The zero-order chi connectivity index (χ0) is 25.4. The largest absolute Gasteiger partial charge is 0.435 e. The SMILES string of the molecule is Cc1cc(C(F)(F)F)nn1CC(=O)N1CCC(c2nc(C3=NO[C@@H](c4ccccc4Br)C3)cs2)CC1. The van der Waals surface area contributed by atoms with E-state index in [0.29, 0.717) is 25.2 Å². The summed E-state index contributed by atoms with van der Waals surface area (Å²) in [5.41, 5.74) is 2.01. The Morgan fingerprint density at radius 2 is 2.00 bits per heavy atom. The van der Waals surface area contributed by atoms with E-state index >= 15 is 0 Å². The number of thiazole rings is 1. The van der Waals surface area contributed by atoms with Crippen LogP contribution in [0.4, 0.5) is 13.2 Å². The number of carbonyl (C=O) groups is 1. The number of aromatic nitrogens is 3. The monoisotopic (exact) mass is 581 g/mol. The Morgan fingerprint density at radius 3 is 2.69 bits per heavy atom. The van der Waals surface area contributed by atoms with Crippen LogP contribution in [0, 0.1) is 6.92 Å². The van der Waals surface area contributed by atoms with E-state index in [-0.39, 0.29) is 24.5 Å². The van der Waals surface area contributed by atoms with Crippen molar-refractivity contribution in [1.82, 2.24) is 19.7 Å². The molecule has 190 valence electrons. The van der Waals surface area contributed by atoms with Gasteiger partial charge < -0.3 is 9.74 Å². The summed E-state index contributed by atoms with van der Waals surface area (Å²) in [4.78, 5) is 24.9. The van der Waals surface area contributed by atoms with Gasteiger partial charge in [-0.3, -0.25) is 9.48 Å². The van der Waals surface area contributed by atoms with Gasteiger partial charge in [-0.2, -0.15) is 18.3 Å². The van der Waals surface area contributed by atoms with Gasteiger partial charge in [0.05, 0.1) is 10.7 Å². The molecule has 0 radical (unpaired) electrons. The normalized spacial score (nSPS) is 18.9. The molecule has 1 aromatic carbocycles. The standard InChI is InChI=1S/C24H23BrF3N5O2S/c1-14-10-21(24(26,27)28)30-33(14)12-22(34)32-8-6-15(7-9-32)23-29-19(13-36-23)18-11-20(35-31-18)16-4-2-3-5-17(16)25/h2-5,10,13,15,20H,6-9,11-12H2,1H3/t20-/m1/s1. The molecule has 1 fully saturated rings. The fourth-order valence-electron chi connectivity index (χ4n) is 4.45. The topological polar surface area (TPSA) is 72.6 Å². The van der Waals surface area contributed by atoms with Crippen molar-refractivity contribution in [3.8, 4) is 0 Å². The van der Waals surface area contributed by atoms with Crippen molar-refractivity contribution in [2.24, 2.45) is 5.16 Å². The molecule has 3 aromatic rings. The highest BCUT2D eigenvalue weighted by Crippen LogP contribution is 2.36. The summed E-state index contributed by atoms with van der Waals surface area (Å²) >= 11 is 5.14. The van der Waals surface area contributed by atoms with E-state index < -0.39 is 11.9 Å². The molecule has 5 rings (SSSR count). The third kappa shape index (κ3) is 5.19. The quantitative estimate of drug-likeness (QED) is 0.387. The second kappa shape index (κ2) is 9.97. The number of aryl methyl sites for hydroxylation is 1. The van der Waals surface area contributed by atoms with Crippen LogP contribution >= 0.6 is 27.3 Å². The van der Waals surface area contributed by atoms with E-state index in [1.165, 1.54) is 6.92 Å². The maximum absolute atomic E-state index is 12.9. The fourth-order valence-corrected chi connectivity index (χ4v) is 5.99. The first-order valence-corrected chi connectivity index (χ1v) is 13.2. The average Bonchev–Trinajstić information content (AvgIpc) is 3.59. The van der Waals surface area contributed by atoms with Crippen LogP contribution in [0.15, 0.2) is 45.3 Å². The van der Waals surface area contributed by atoms with Crippen molar-refractivity contribution < 1.29 is 22.8 Å². The van der Waals surface area contributed by atoms with Crippen molar-refractivity contribution >= 4 is 38.9 Å². The van der Waals surface area contributed by atoms with Crippen LogP contribution in [0.3, 0.4) is 0 Å². The van der Waals surface area contributed by atoms with Crippen LogP contribution in [0.1, 0.15) is 58.9 Å². The van der Waals surface area contributed by atoms with Crippen LogP contribution in [0.2, 0.25) is 0 Å². The summed E-state index contributed by atoms with van der Waals surface area (Å²) in [6.45, 7) is 2.37. The van der Waals surface area contributed by atoms with Gasteiger partial charge in [0, 0.05) is 46.5 Å². The molecule has 4 heterocycles. The van der Waals surface area contributed by atoms with Gasteiger partial charge >= 0.3 is 6.18 Å². The van der Waals surface area contributed by atoms with E-state index in [2.05, 4.69) is 26.2 Å². The van der Waals surface area contributed by atoms with Gasteiger partial charge in [0.1, 0.15) is 12.3 Å². The molecule has 36 heavy (non-hydrogen) atoms. The zero-order valence-electron chi connectivity index (χ0n) is 19.3. The lowest BCUT2D eigenvalue weighted by Gasteiger charge is -2.31. The zero-order valence-corrected chi connectivity index (χ0v) is 21.7. The van der Waals surface area contributed by atoms with Crippen LogP contribution in [-0.4, -0.2) is 44.4 Å². The van der Waals surface area contributed by atoms with E-state index in [4.69, 9.17) is 9.82 Å². The lowest BCUT2D eigenvalue weighted by molar-refractivity contribution is -0.142. The van der Waals surface area contributed by atoms with Crippen molar-refractivity contribution in [3.05, 3.63) is 67.8 Å². The summed E-state index contributed by atoms with van der Waals surface area (Å²) in [7, 11) is 0. The van der Waals surface area contributed by atoms with Gasteiger partial charge in [0.15, 0.2) is 11.8 Å². The molecule has 0 spiro atoms. The molecular weight excluding hydrogens is 559 g/mol. The molecule has 7 nitrogen and oxygen atoms in total. The molecule has 0 bridgehead atoms. The molecule has 0 saturated carbocycles. The molecule has 1 saturated heterocycles. The third-order valence-corrected chi connectivity index (χ3v) is 8.22. The van der Waals surface area contributed by atoms with Gasteiger partial charge in [-0.05, 0) is 31.9 Å². The van der Waals surface area contributed by atoms with Crippen LogP contribution < -0.4 is 0 Å². The average molecular weight is 582 g/mol. The van der Waals surface area contributed by atoms with E-state index in [1.54, 1.807) is 16.2 Å². The lowest BCUT2D eigenvalue weighted by Crippen LogP contribution is -2.40. The predicted octanol–water partition coefficient (Wildman–Crippen LogP) is 5.70. The number of oxime groups is 1. The predicted molar refractivity (Wildman–Crippen MR) is 132 cm³/mol. The summed E-state index contributed by atoms with van der Waals surface area (Å²) in [5.74, 6) is -0.0122.